The minimum Gasteiger partial charge on any atom is -0.330 e. The van der Waals surface area contributed by atoms with E-state index >= 15 is 0 Å². The molecule has 1 amide bonds. The minimum atomic E-state index is -0.703. The molecule has 0 unspecified atom stereocenters. The predicted octanol–water partition coefficient (Wildman–Crippen LogP) is 3.26. The summed E-state index contributed by atoms with van der Waals surface area (Å²) in [5.41, 5.74) is 7.46. The summed E-state index contributed by atoms with van der Waals surface area (Å²) in [6, 6.07) is 7.96. The second-order valence-corrected chi connectivity index (χ2v) is 7.09. The van der Waals surface area contributed by atoms with Crippen LogP contribution >= 0.6 is 0 Å². The topological polar surface area (TPSA) is 72.9 Å². The van der Waals surface area contributed by atoms with Gasteiger partial charge < -0.3 is 15.6 Å². The molecule has 1 aliphatic carbocycles. The number of imidazole rings is 1. The van der Waals surface area contributed by atoms with E-state index in [-0.39, 0.29) is 5.91 Å². The number of nitrogens with one attached hydrogen (secondary N) is 1. The zero-order valence-corrected chi connectivity index (χ0v) is 14.5. The molecule has 1 fully saturated rings. The van der Waals surface area contributed by atoms with Gasteiger partial charge >= 0.3 is 0 Å². The van der Waals surface area contributed by atoms with E-state index in [1.807, 2.05) is 30.6 Å². The molecule has 128 valence electrons. The maximum atomic E-state index is 12.5. The number of hydrogen-bond donors (Lipinski definition) is 2. The first-order valence-electron chi connectivity index (χ1n) is 8.68. The van der Waals surface area contributed by atoms with Crippen LogP contribution in [0.15, 0.2) is 36.7 Å². The Hall–Kier alpha value is -2.14. The van der Waals surface area contributed by atoms with Crippen LogP contribution in [0.2, 0.25) is 0 Å². The quantitative estimate of drug-likeness (QED) is 0.885. The van der Waals surface area contributed by atoms with E-state index in [0.717, 1.165) is 49.3 Å². The lowest BCUT2D eigenvalue weighted by Gasteiger charge is -2.22. The molecule has 0 atom stereocenters. The first-order chi connectivity index (χ1) is 11.5. The Morgan fingerprint density at radius 1 is 1.38 bits per heavy atom. The number of rotatable bonds is 5. The first-order valence-corrected chi connectivity index (χ1v) is 8.68. The van der Waals surface area contributed by atoms with Crippen LogP contribution in [0.25, 0.3) is 0 Å². The fraction of sp³-hybridized carbons (Fsp3) is 0.474. The van der Waals surface area contributed by atoms with Gasteiger partial charge in [0.15, 0.2) is 0 Å². The van der Waals surface area contributed by atoms with Crippen molar-refractivity contribution in [1.29, 1.82) is 0 Å². The lowest BCUT2D eigenvalue weighted by molar-refractivity contribution is -0.121. The number of nitrogens with zero attached hydrogens (tertiary/aromatic N) is 2. The van der Waals surface area contributed by atoms with Gasteiger partial charge in [0, 0.05) is 30.5 Å². The van der Waals surface area contributed by atoms with Gasteiger partial charge in [-0.2, -0.15) is 0 Å². The fourth-order valence-electron chi connectivity index (χ4n) is 3.39. The summed E-state index contributed by atoms with van der Waals surface area (Å²) in [6.07, 6.45) is 7.43. The lowest BCUT2D eigenvalue weighted by atomic mass is 9.98. The summed E-state index contributed by atoms with van der Waals surface area (Å²) in [5, 5.41) is 2.99. The summed E-state index contributed by atoms with van der Waals surface area (Å²) in [7, 11) is 0. The molecule has 5 heteroatoms. The number of benzene rings is 1. The SMILES string of the molecule is CC(C)c1nccn1Cc1cccc(NC(=O)C2(N)CCCC2)c1. The highest BCUT2D eigenvalue weighted by Gasteiger charge is 2.36. The van der Waals surface area contributed by atoms with Gasteiger partial charge in [0.05, 0.1) is 5.54 Å². The molecule has 0 spiro atoms. The van der Waals surface area contributed by atoms with Crippen LogP contribution in [0.3, 0.4) is 0 Å². The van der Waals surface area contributed by atoms with Crippen molar-refractivity contribution >= 4 is 11.6 Å². The molecule has 1 aliphatic rings. The van der Waals surface area contributed by atoms with E-state index in [1.165, 1.54) is 0 Å². The number of carbonyl (C=O) groups is 1. The van der Waals surface area contributed by atoms with Crippen molar-refractivity contribution in [2.24, 2.45) is 5.73 Å². The van der Waals surface area contributed by atoms with Crippen molar-refractivity contribution in [2.45, 2.75) is 57.5 Å². The summed E-state index contributed by atoms with van der Waals surface area (Å²) < 4.78 is 2.15. The molecular weight excluding hydrogens is 300 g/mol. The smallest absolute Gasteiger partial charge is 0.244 e. The van der Waals surface area contributed by atoms with Crippen LogP contribution in [0, 0.1) is 0 Å². The molecule has 24 heavy (non-hydrogen) atoms. The average molecular weight is 326 g/mol. The highest BCUT2D eigenvalue weighted by atomic mass is 16.2. The zero-order valence-electron chi connectivity index (χ0n) is 14.5. The summed E-state index contributed by atoms with van der Waals surface area (Å²) in [4.78, 5) is 16.9. The standard InChI is InChI=1S/C19H26N4O/c1-14(2)17-21-10-11-23(17)13-15-6-5-7-16(12-15)22-18(24)19(20)8-3-4-9-19/h5-7,10-12,14H,3-4,8-9,13,20H2,1-2H3,(H,22,24). The molecule has 1 aromatic carbocycles. The van der Waals surface area contributed by atoms with Gasteiger partial charge in [-0.15, -0.1) is 0 Å². The molecule has 3 N–H and O–H groups in total. The summed E-state index contributed by atoms with van der Waals surface area (Å²) in [6.45, 7) is 5.01. The molecule has 5 nitrogen and oxygen atoms in total. The van der Waals surface area contributed by atoms with Crippen molar-refractivity contribution in [3.05, 3.63) is 48.0 Å². The van der Waals surface area contributed by atoms with Gasteiger partial charge in [-0.3, -0.25) is 4.79 Å². The maximum absolute atomic E-state index is 12.5. The molecule has 2 aromatic rings. The van der Waals surface area contributed by atoms with E-state index in [1.54, 1.807) is 0 Å². The molecule has 3 rings (SSSR count). The molecule has 1 aromatic heterocycles. The van der Waals surface area contributed by atoms with Crippen LogP contribution in [-0.4, -0.2) is 21.0 Å². The normalized spacial score (nSPS) is 16.5. The second kappa shape index (κ2) is 6.77. The largest absolute Gasteiger partial charge is 0.330 e. The number of amides is 1. The zero-order chi connectivity index (χ0) is 17.2. The van der Waals surface area contributed by atoms with Crippen LogP contribution in [-0.2, 0) is 11.3 Å². The number of nitrogens with two attached hydrogens (primary N) is 1. The molecule has 0 saturated heterocycles. The van der Waals surface area contributed by atoms with Crippen molar-refractivity contribution in [2.75, 3.05) is 5.32 Å². The highest BCUT2D eigenvalue weighted by molar-refractivity contribution is 5.98. The summed E-state index contributed by atoms with van der Waals surface area (Å²) in [5.74, 6) is 1.38. The van der Waals surface area contributed by atoms with E-state index in [2.05, 4.69) is 34.8 Å². The van der Waals surface area contributed by atoms with Gasteiger partial charge in [0.1, 0.15) is 5.82 Å². The van der Waals surface area contributed by atoms with Gasteiger partial charge in [-0.05, 0) is 30.5 Å². The third kappa shape index (κ3) is 3.51. The molecule has 0 bridgehead atoms. The number of carbonyl (C=O) groups excluding carboxylic acids is 1. The average Bonchev–Trinajstić information content (AvgIpc) is 3.17. The Labute approximate surface area is 143 Å². The number of anilines is 1. The van der Waals surface area contributed by atoms with Crippen LogP contribution in [0.4, 0.5) is 5.69 Å². The van der Waals surface area contributed by atoms with Crippen molar-refractivity contribution < 1.29 is 4.79 Å². The highest BCUT2D eigenvalue weighted by Crippen LogP contribution is 2.28. The van der Waals surface area contributed by atoms with Crippen molar-refractivity contribution in [3.8, 4) is 0 Å². The van der Waals surface area contributed by atoms with Crippen molar-refractivity contribution in [3.63, 3.8) is 0 Å². The van der Waals surface area contributed by atoms with E-state index in [4.69, 9.17) is 5.73 Å². The molecule has 1 saturated carbocycles. The van der Waals surface area contributed by atoms with Gasteiger partial charge in [0.25, 0.3) is 0 Å². The summed E-state index contributed by atoms with van der Waals surface area (Å²) >= 11 is 0. The molecule has 1 heterocycles. The van der Waals surface area contributed by atoms with E-state index < -0.39 is 5.54 Å². The molecule has 0 aliphatic heterocycles. The van der Waals surface area contributed by atoms with Crippen LogP contribution < -0.4 is 11.1 Å². The van der Waals surface area contributed by atoms with Crippen molar-refractivity contribution in [1.82, 2.24) is 9.55 Å². The third-order valence-corrected chi connectivity index (χ3v) is 4.75. The Morgan fingerprint density at radius 3 is 2.83 bits per heavy atom. The Morgan fingerprint density at radius 2 is 2.12 bits per heavy atom. The van der Waals surface area contributed by atoms with Gasteiger partial charge in [0.2, 0.25) is 5.91 Å². The second-order valence-electron chi connectivity index (χ2n) is 7.09. The van der Waals surface area contributed by atoms with Crippen LogP contribution in [0.5, 0.6) is 0 Å². The first kappa shape index (κ1) is 16.7. The minimum absolute atomic E-state index is 0.0670. The lowest BCUT2D eigenvalue weighted by Crippen LogP contribution is -2.48. The Bertz CT molecular complexity index is 714. The Balaban J connectivity index is 1.72. The fourth-order valence-corrected chi connectivity index (χ4v) is 3.39. The monoisotopic (exact) mass is 326 g/mol. The third-order valence-electron chi connectivity index (χ3n) is 4.75. The predicted molar refractivity (Wildman–Crippen MR) is 95.9 cm³/mol. The van der Waals surface area contributed by atoms with E-state index in [0.29, 0.717) is 5.92 Å². The van der Waals surface area contributed by atoms with Crippen LogP contribution in [0.1, 0.15) is 56.8 Å². The number of aromatic nitrogens is 2. The Kier molecular flexibility index (Phi) is 4.71. The number of hydrogen-bond acceptors (Lipinski definition) is 3. The van der Waals surface area contributed by atoms with Gasteiger partial charge in [-0.25, -0.2) is 4.98 Å². The maximum Gasteiger partial charge on any atom is 0.244 e. The van der Waals surface area contributed by atoms with Gasteiger partial charge in [-0.1, -0.05) is 38.8 Å². The molecule has 0 radical (unpaired) electrons. The molecular formula is C19H26N4O. The van der Waals surface area contributed by atoms with E-state index in [9.17, 15) is 4.79 Å².